The quantitative estimate of drug-likeness (QED) is 0.243. The normalized spacial score (nSPS) is 11.9. The molecule has 0 N–H and O–H groups in total. The SMILES string of the molecule is CO/N=C/CN(CC/C(C)=C\CN(C)C(=O)c1ccccc1C=O)C(=O)OC(C)(C)C. The molecule has 0 aliphatic heterocycles. The van der Waals surface area contributed by atoms with Crippen molar-refractivity contribution >= 4 is 24.5 Å². The largest absolute Gasteiger partial charge is 0.444 e. The van der Waals surface area contributed by atoms with E-state index in [-0.39, 0.29) is 12.5 Å². The molecule has 0 radical (unpaired) electrons. The first kappa shape index (κ1) is 25.9. The number of hydrogen-bond donors (Lipinski definition) is 0. The molecule has 0 aliphatic carbocycles. The third kappa shape index (κ3) is 9.46. The number of amides is 2. The molecule has 0 aromatic heterocycles. The Kier molecular flexibility index (Phi) is 10.4. The third-order valence-electron chi connectivity index (χ3n) is 4.29. The van der Waals surface area contributed by atoms with E-state index in [2.05, 4.69) is 9.99 Å². The number of ether oxygens (including phenoxy) is 1. The highest BCUT2D eigenvalue weighted by Crippen LogP contribution is 2.12. The molecule has 0 unspecified atom stereocenters. The summed E-state index contributed by atoms with van der Waals surface area (Å²) in [6.07, 6.45) is 4.28. The molecule has 0 heterocycles. The van der Waals surface area contributed by atoms with Crippen LogP contribution in [0.5, 0.6) is 0 Å². The van der Waals surface area contributed by atoms with Gasteiger partial charge in [0.25, 0.3) is 5.91 Å². The van der Waals surface area contributed by atoms with Gasteiger partial charge in [0.1, 0.15) is 12.7 Å². The maximum Gasteiger partial charge on any atom is 0.410 e. The summed E-state index contributed by atoms with van der Waals surface area (Å²) < 4.78 is 5.45. The average molecular weight is 432 g/mol. The summed E-state index contributed by atoms with van der Waals surface area (Å²) in [6, 6.07) is 6.71. The molecular weight excluding hydrogens is 398 g/mol. The monoisotopic (exact) mass is 431 g/mol. The van der Waals surface area contributed by atoms with Crippen molar-refractivity contribution in [2.45, 2.75) is 39.7 Å². The van der Waals surface area contributed by atoms with Crippen LogP contribution in [0.15, 0.2) is 41.1 Å². The van der Waals surface area contributed by atoms with Crippen molar-refractivity contribution < 1.29 is 24.0 Å². The summed E-state index contributed by atoms with van der Waals surface area (Å²) in [5.41, 5.74) is 1.16. The van der Waals surface area contributed by atoms with E-state index in [0.717, 1.165) is 5.57 Å². The molecule has 0 atom stereocenters. The zero-order chi connectivity index (χ0) is 23.4. The van der Waals surface area contributed by atoms with Crippen molar-refractivity contribution in [2.75, 3.05) is 33.8 Å². The van der Waals surface area contributed by atoms with Crippen molar-refractivity contribution in [1.82, 2.24) is 9.80 Å². The minimum absolute atomic E-state index is 0.224. The molecule has 0 saturated carbocycles. The standard InChI is InChI=1S/C23H33N3O5/c1-18(11-14-25(5)21(28)20-10-8-7-9-19(20)17-27)12-15-26(16-13-24-30-6)22(29)31-23(2,3)4/h7-11,13,17H,12,14-16H2,1-6H3/b18-11-,24-13+. The van der Waals surface area contributed by atoms with Crippen LogP contribution in [-0.4, -0.2) is 73.7 Å². The average Bonchev–Trinajstić information content (AvgIpc) is 2.72. The maximum absolute atomic E-state index is 12.6. The van der Waals surface area contributed by atoms with Gasteiger partial charge in [-0.2, -0.15) is 0 Å². The van der Waals surface area contributed by atoms with Gasteiger partial charge >= 0.3 is 6.09 Å². The Morgan fingerprint density at radius 3 is 2.45 bits per heavy atom. The van der Waals surface area contributed by atoms with Crippen LogP contribution in [0.2, 0.25) is 0 Å². The van der Waals surface area contributed by atoms with Crippen LogP contribution in [0.4, 0.5) is 4.79 Å². The molecule has 170 valence electrons. The first-order chi connectivity index (χ1) is 14.6. The fourth-order valence-electron chi connectivity index (χ4n) is 2.58. The van der Waals surface area contributed by atoms with Crippen molar-refractivity contribution in [1.29, 1.82) is 0 Å². The Balaban J connectivity index is 2.72. The van der Waals surface area contributed by atoms with Gasteiger partial charge in [-0.15, -0.1) is 0 Å². The lowest BCUT2D eigenvalue weighted by Gasteiger charge is -2.26. The Morgan fingerprint density at radius 2 is 1.84 bits per heavy atom. The Labute approximate surface area is 184 Å². The summed E-state index contributed by atoms with van der Waals surface area (Å²) in [4.78, 5) is 44.0. The van der Waals surface area contributed by atoms with Gasteiger partial charge in [-0.3, -0.25) is 9.59 Å². The number of hydrogen-bond acceptors (Lipinski definition) is 6. The lowest BCUT2D eigenvalue weighted by atomic mass is 10.1. The van der Waals surface area contributed by atoms with E-state index in [4.69, 9.17) is 4.74 Å². The highest BCUT2D eigenvalue weighted by molar-refractivity contribution is 6.01. The van der Waals surface area contributed by atoms with Crippen molar-refractivity contribution in [3.63, 3.8) is 0 Å². The van der Waals surface area contributed by atoms with Crippen LogP contribution >= 0.6 is 0 Å². The molecule has 1 aromatic carbocycles. The summed E-state index contributed by atoms with van der Waals surface area (Å²) in [5.74, 6) is -0.224. The number of carbonyl (C=O) groups excluding carboxylic acids is 3. The van der Waals surface area contributed by atoms with E-state index in [1.807, 2.05) is 33.8 Å². The second-order valence-electron chi connectivity index (χ2n) is 8.09. The molecule has 0 spiro atoms. The Hall–Kier alpha value is -3.16. The summed E-state index contributed by atoms with van der Waals surface area (Å²) in [5, 5.41) is 3.68. The van der Waals surface area contributed by atoms with Gasteiger partial charge in [-0.05, 0) is 40.2 Å². The summed E-state index contributed by atoms with van der Waals surface area (Å²) in [6.45, 7) is 8.45. The van der Waals surface area contributed by atoms with Gasteiger partial charge in [0.2, 0.25) is 0 Å². The number of oxime groups is 1. The van der Waals surface area contributed by atoms with Crippen molar-refractivity contribution in [3.05, 3.63) is 47.0 Å². The van der Waals surface area contributed by atoms with Gasteiger partial charge < -0.3 is 19.4 Å². The highest BCUT2D eigenvalue weighted by Gasteiger charge is 2.21. The molecule has 0 bridgehead atoms. The predicted molar refractivity (Wildman–Crippen MR) is 120 cm³/mol. The molecule has 2 amide bonds. The fourth-order valence-corrected chi connectivity index (χ4v) is 2.58. The molecular formula is C23H33N3O5. The van der Waals surface area contributed by atoms with Crippen LogP contribution in [0.3, 0.4) is 0 Å². The molecule has 1 rings (SSSR count). The summed E-state index contributed by atoms with van der Waals surface area (Å²) >= 11 is 0. The highest BCUT2D eigenvalue weighted by atomic mass is 16.6. The Bertz CT molecular complexity index is 812. The number of nitrogens with zero attached hydrogens (tertiary/aromatic N) is 3. The molecule has 0 fully saturated rings. The fraction of sp³-hybridized carbons (Fsp3) is 0.478. The first-order valence-electron chi connectivity index (χ1n) is 10.1. The number of benzene rings is 1. The smallest absolute Gasteiger partial charge is 0.410 e. The predicted octanol–water partition coefficient (Wildman–Crippen LogP) is 3.78. The first-order valence-corrected chi connectivity index (χ1v) is 10.1. The van der Waals surface area contributed by atoms with Crippen LogP contribution in [0.25, 0.3) is 0 Å². The van der Waals surface area contributed by atoms with E-state index >= 15 is 0 Å². The van der Waals surface area contributed by atoms with E-state index in [9.17, 15) is 14.4 Å². The van der Waals surface area contributed by atoms with Gasteiger partial charge in [0, 0.05) is 25.7 Å². The third-order valence-corrected chi connectivity index (χ3v) is 4.29. The minimum Gasteiger partial charge on any atom is -0.444 e. The van der Waals surface area contributed by atoms with Crippen LogP contribution in [0, 0.1) is 0 Å². The molecule has 8 nitrogen and oxygen atoms in total. The topological polar surface area (TPSA) is 88.5 Å². The second kappa shape index (κ2) is 12.5. The van der Waals surface area contributed by atoms with E-state index in [0.29, 0.717) is 36.9 Å². The minimum atomic E-state index is -0.598. The lowest BCUT2D eigenvalue weighted by molar-refractivity contribution is 0.0281. The Morgan fingerprint density at radius 1 is 1.16 bits per heavy atom. The van der Waals surface area contributed by atoms with Crippen LogP contribution in [-0.2, 0) is 9.57 Å². The van der Waals surface area contributed by atoms with E-state index in [1.54, 1.807) is 41.1 Å². The number of rotatable bonds is 10. The maximum atomic E-state index is 12.6. The van der Waals surface area contributed by atoms with Crippen molar-refractivity contribution in [2.24, 2.45) is 5.16 Å². The molecule has 31 heavy (non-hydrogen) atoms. The van der Waals surface area contributed by atoms with Gasteiger partial charge in [-0.25, -0.2) is 4.79 Å². The van der Waals surface area contributed by atoms with Crippen molar-refractivity contribution in [3.8, 4) is 0 Å². The van der Waals surface area contributed by atoms with Gasteiger partial charge in [0.05, 0.1) is 18.3 Å². The summed E-state index contributed by atoms with van der Waals surface area (Å²) in [7, 11) is 3.12. The zero-order valence-corrected chi connectivity index (χ0v) is 19.3. The zero-order valence-electron chi connectivity index (χ0n) is 19.3. The van der Waals surface area contributed by atoms with Crippen LogP contribution in [0.1, 0.15) is 54.8 Å². The van der Waals surface area contributed by atoms with Gasteiger partial charge in [-0.1, -0.05) is 35.0 Å². The van der Waals surface area contributed by atoms with Gasteiger partial charge in [0.15, 0.2) is 6.29 Å². The van der Waals surface area contributed by atoms with E-state index < -0.39 is 11.7 Å². The number of likely N-dealkylation sites (N-methyl/N-ethyl adjacent to an activating group) is 1. The molecule has 0 saturated heterocycles. The number of aldehydes is 1. The van der Waals surface area contributed by atoms with E-state index in [1.165, 1.54) is 13.3 Å². The second-order valence-corrected chi connectivity index (χ2v) is 8.09. The lowest BCUT2D eigenvalue weighted by Crippen LogP contribution is -2.38. The number of carbonyl (C=O) groups is 3. The van der Waals surface area contributed by atoms with Crippen LogP contribution < -0.4 is 0 Å². The molecule has 1 aromatic rings. The molecule has 8 heteroatoms. The molecule has 0 aliphatic rings.